The number of nitro groups is 1. The molecule has 3 rings (SSSR count). The highest BCUT2D eigenvalue weighted by molar-refractivity contribution is 9.10. The first kappa shape index (κ1) is 14.5. The number of nitrogens with one attached hydrogen (secondary N) is 2. The number of carbonyl (C=O) groups excluding carboxylic acids is 1. The molecule has 1 saturated heterocycles. The molecule has 3 atom stereocenters. The summed E-state index contributed by atoms with van der Waals surface area (Å²) >= 11 is 3.20. The minimum atomic E-state index is -0.485. The Labute approximate surface area is 130 Å². The predicted molar refractivity (Wildman–Crippen MR) is 82.0 cm³/mol. The summed E-state index contributed by atoms with van der Waals surface area (Å²) in [5.74, 6) is 0.759. The summed E-state index contributed by atoms with van der Waals surface area (Å²) in [6.45, 7) is 0.866. The first-order valence-electron chi connectivity index (χ1n) is 7.04. The van der Waals surface area contributed by atoms with Gasteiger partial charge < -0.3 is 10.6 Å². The molecule has 6 nitrogen and oxygen atoms in total. The average molecular weight is 354 g/mol. The van der Waals surface area contributed by atoms with E-state index in [4.69, 9.17) is 0 Å². The third-order valence-corrected chi connectivity index (χ3v) is 4.94. The van der Waals surface area contributed by atoms with Crippen molar-refractivity contribution in [1.29, 1.82) is 0 Å². The van der Waals surface area contributed by atoms with Gasteiger partial charge in [-0.2, -0.15) is 0 Å². The Bertz CT molecular complexity index is 593. The van der Waals surface area contributed by atoms with Gasteiger partial charge in [0, 0.05) is 10.5 Å². The molecule has 2 aliphatic rings. The molecule has 1 aliphatic carbocycles. The number of rotatable bonds is 3. The Balaban J connectivity index is 1.77. The van der Waals surface area contributed by atoms with Gasteiger partial charge in [0.05, 0.1) is 11.0 Å². The molecular formula is C14H16BrN3O3. The summed E-state index contributed by atoms with van der Waals surface area (Å²) in [5.41, 5.74) is 0.148. The Morgan fingerprint density at radius 1 is 1.43 bits per heavy atom. The van der Waals surface area contributed by atoms with Gasteiger partial charge >= 0.3 is 0 Å². The number of anilines is 1. The van der Waals surface area contributed by atoms with Gasteiger partial charge in [0.15, 0.2) is 0 Å². The van der Waals surface area contributed by atoms with Crippen molar-refractivity contribution in [2.45, 2.75) is 25.3 Å². The van der Waals surface area contributed by atoms with E-state index in [-0.39, 0.29) is 23.3 Å². The third-order valence-electron chi connectivity index (χ3n) is 4.44. The average Bonchev–Trinajstić information content (AvgIpc) is 3.02. The largest absolute Gasteiger partial charge is 0.319 e. The van der Waals surface area contributed by atoms with E-state index in [0.29, 0.717) is 16.3 Å². The number of hydrogen-bond donors (Lipinski definition) is 2. The second kappa shape index (κ2) is 5.73. The second-order valence-electron chi connectivity index (χ2n) is 5.65. The monoisotopic (exact) mass is 353 g/mol. The van der Waals surface area contributed by atoms with Gasteiger partial charge in [0.1, 0.15) is 5.69 Å². The van der Waals surface area contributed by atoms with E-state index in [2.05, 4.69) is 26.6 Å². The summed E-state index contributed by atoms with van der Waals surface area (Å²) in [4.78, 5) is 23.0. The van der Waals surface area contributed by atoms with E-state index in [1.54, 1.807) is 12.1 Å². The van der Waals surface area contributed by atoms with E-state index in [1.807, 2.05) is 0 Å². The Hall–Kier alpha value is -1.47. The zero-order valence-corrected chi connectivity index (χ0v) is 12.9. The number of hydrogen-bond acceptors (Lipinski definition) is 4. The lowest BCUT2D eigenvalue weighted by Crippen LogP contribution is -2.39. The smallest absolute Gasteiger partial charge is 0.293 e. The molecule has 1 amide bonds. The molecule has 1 aromatic carbocycles. The summed E-state index contributed by atoms with van der Waals surface area (Å²) in [6.07, 6.45) is 3.39. The quantitative estimate of drug-likeness (QED) is 0.646. The van der Waals surface area contributed by atoms with Crippen molar-refractivity contribution in [1.82, 2.24) is 5.32 Å². The summed E-state index contributed by atoms with van der Waals surface area (Å²) in [6, 6.07) is 4.40. The molecular weight excluding hydrogens is 338 g/mol. The van der Waals surface area contributed by atoms with Crippen molar-refractivity contribution in [3.63, 3.8) is 0 Å². The van der Waals surface area contributed by atoms with Crippen LogP contribution in [0.1, 0.15) is 19.3 Å². The molecule has 1 aliphatic heterocycles. The summed E-state index contributed by atoms with van der Waals surface area (Å²) in [7, 11) is 0. The molecule has 21 heavy (non-hydrogen) atoms. The zero-order valence-electron chi connectivity index (χ0n) is 11.3. The number of nitrogens with zero attached hydrogens (tertiary/aromatic N) is 1. The van der Waals surface area contributed by atoms with E-state index in [1.165, 1.54) is 18.9 Å². The van der Waals surface area contributed by atoms with Crippen LogP contribution in [0, 0.1) is 22.0 Å². The molecule has 0 radical (unpaired) electrons. The molecule has 0 spiro atoms. The summed E-state index contributed by atoms with van der Waals surface area (Å²) in [5, 5.41) is 17.0. The third kappa shape index (κ3) is 2.80. The maximum absolute atomic E-state index is 12.4. The first-order chi connectivity index (χ1) is 10.1. The van der Waals surface area contributed by atoms with Crippen LogP contribution in [0.4, 0.5) is 11.4 Å². The standard InChI is InChI=1S/C14H16BrN3O3/c15-9-4-5-11(12(6-9)18(20)21)17-14(19)13-10-3-1-2-8(10)7-16-13/h4-6,8,10,13,16H,1-3,7H2,(H,17,19). The lowest BCUT2D eigenvalue weighted by Gasteiger charge is -2.17. The van der Waals surface area contributed by atoms with Crippen LogP contribution in [0.25, 0.3) is 0 Å². The van der Waals surface area contributed by atoms with Crippen molar-refractivity contribution in [3.05, 3.63) is 32.8 Å². The number of halogens is 1. The van der Waals surface area contributed by atoms with Gasteiger partial charge in [0.2, 0.25) is 5.91 Å². The van der Waals surface area contributed by atoms with Crippen molar-refractivity contribution in [2.24, 2.45) is 11.8 Å². The van der Waals surface area contributed by atoms with E-state index in [0.717, 1.165) is 13.0 Å². The molecule has 3 unspecified atom stereocenters. The normalized spacial score (nSPS) is 27.4. The zero-order chi connectivity index (χ0) is 15.0. The van der Waals surface area contributed by atoms with E-state index in [9.17, 15) is 14.9 Å². The number of nitro benzene ring substituents is 1. The molecule has 2 fully saturated rings. The molecule has 1 heterocycles. The topological polar surface area (TPSA) is 84.3 Å². The van der Waals surface area contributed by atoms with Gasteiger partial charge in [-0.05, 0) is 43.4 Å². The van der Waals surface area contributed by atoms with Crippen molar-refractivity contribution in [2.75, 3.05) is 11.9 Å². The van der Waals surface area contributed by atoms with Crippen LogP contribution in [0.5, 0.6) is 0 Å². The fourth-order valence-electron chi connectivity index (χ4n) is 3.45. The maximum Gasteiger partial charge on any atom is 0.293 e. The SMILES string of the molecule is O=C(Nc1ccc(Br)cc1[N+](=O)[O-])C1NCC2CCCC21. The fraction of sp³-hybridized carbons (Fsp3) is 0.500. The molecule has 1 aromatic rings. The number of benzene rings is 1. The maximum atomic E-state index is 12.4. The Morgan fingerprint density at radius 3 is 3.00 bits per heavy atom. The highest BCUT2D eigenvalue weighted by Crippen LogP contribution is 2.38. The van der Waals surface area contributed by atoms with Crippen LogP contribution in [0.15, 0.2) is 22.7 Å². The van der Waals surface area contributed by atoms with Crippen molar-refractivity contribution < 1.29 is 9.72 Å². The van der Waals surface area contributed by atoms with Gasteiger partial charge in [0.25, 0.3) is 5.69 Å². The molecule has 112 valence electrons. The van der Waals surface area contributed by atoms with Crippen LogP contribution in [-0.4, -0.2) is 23.4 Å². The first-order valence-corrected chi connectivity index (χ1v) is 7.84. The van der Waals surface area contributed by atoms with Crippen LogP contribution < -0.4 is 10.6 Å². The van der Waals surface area contributed by atoms with Crippen LogP contribution in [0.3, 0.4) is 0 Å². The lowest BCUT2D eigenvalue weighted by atomic mass is 9.93. The van der Waals surface area contributed by atoms with Gasteiger partial charge in [-0.3, -0.25) is 14.9 Å². The van der Waals surface area contributed by atoms with Crippen molar-refractivity contribution in [3.8, 4) is 0 Å². The van der Waals surface area contributed by atoms with Gasteiger partial charge in [-0.15, -0.1) is 0 Å². The van der Waals surface area contributed by atoms with Crippen LogP contribution in [-0.2, 0) is 4.79 Å². The highest BCUT2D eigenvalue weighted by atomic mass is 79.9. The minimum absolute atomic E-state index is 0.0984. The number of carbonyl (C=O) groups is 1. The fourth-order valence-corrected chi connectivity index (χ4v) is 3.80. The minimum Gasteiger partial charge on any atom is -0.319 e. The van der Waals surface area contributed by atoms with Crippen LogP contribution in [0.2, 0.25) is 0 Å². The lowest BCUT2D eigenvalue weighted by molar-refractivity contribution is -0.384. The highest BCUT2D eigenvalue weighted by Gasteiger charge is 2.42. The molecule has 0 bridgehead atoms. The summed E-state index contributed by atoms with van der Waals surface area (Å²) < 4.78 is 0.613. The van der Waals surface area contributed by atoms with E-state index < -0.39 is 4.92 Å². The molecule has 2 N–H and O–H groups in total. The second-order valence-corrected chi connectivity index (χ2v) is 6.56. The molecule has 7 heteroatoms. The predicted octanol–water partition coefficient (Wildman–Crippen LogP) is 2.68. The van der Waals surface area contributed by atoms with Gasteiger partial charge in [-0.1, -0.05) is 22.4 Å². The Morgan fingerprint density at radius 2 is 2.24 bits per heavy atom. The molecule has 1 saturated carbocycles. The van der Waals surface area contributed by atoms with E-state index >= 15 is 0 Å². The van der Waals surface area contributed by atoms with Crippen molar-refractivity contribution >= 4 is 33.2 Å². The van der Waals surface area contributed by atoms with Crippen LogP contribution >= 0.6 is 15.9 Å². The Kier molecular flexibility index (Phi) is 3.95. The number of amides is 1. The molecule has 0 aromatic heterocycles. The number of fused-ring (bicyclic) bond motifs is 1. The van der Waals surface area contributed by atoms with Gasteiger partial charge in [-0.25, -0.2) is 0 Å².